The van der Waals surface area contributed by atoms with Crippen molar-refractivity contribution in [1.82, 2.24) is 10.2 Å². The van der Waals surface area contributed by atoms with Gasteiger partial charge in [-0.05, 0) is 18.2 Å². The van der Waals surface area contributed by atoms with E-state index in [1.807, 2.05) is 21.6 Å². The first kappa shape index (κ1) is 16.2. The number of amides is 1. The summed E-state index contributed by atoms with van der Waals surface area (Å²) in [4.78, 5) is 14.0. The summed E-state index contributed by atoms with van der Waals surface area (Å²) in [5.74, 6) is 0.197. The van der Waals surface area contributed by atoms with Crippen LogP contribution in [0.1, 0.15) is 25.7 Å². The van der Waals surface area contributed by atoms with Crippen LogP contribution < -0.4 is 5.32 Å². The van der Waals surface area contributed by atoms with Gasteiger partial charge in [0, 0.05) is 37.8 Å². The molecule has 0 spiro atoms. The molecule has 4 nitrogen and oxygen atoms in total. The first-order valence-electron chi connectivity index (χ1n) is 7.40. The number of nitrogens with zero attached hydrogens (tertiary/aromatic N) is 1. The molecular weight excluding hydrogens is 292 g/mol. The molecule has 0 radical (unpaired) electrons. The fourth-order valence-corrected chi connectivity index (χ4v) is 4.56. The Morgan fingerprint density at radius 2 is 2.20 bits per heavy atom. The second-order valence-corrected chi connectivity index (χ2v) is 7.53. The van der Waals surface area contributed by atoms with E-state index in [1.165, 1.54) is 6.42 Å². The number of morpholine rings is 1. The van der Waals surface area contributed by atoms with Gasteiger partial charge in [-0.2, -0.15) is 0 Å². The van der Waals surface area contributed by atoms with Crippen LogP contribution in [0, 0.1) is 0 Å². The van der Waals surface area contributed by atoms with Crippen LogP contribution in [0.4, 0.5) is 0 Å². The first-order chi connectivity index (χ1) is 9.84. The van der Waals surface area contributed by atoms with E-state index in [9.17, 15) is 4.79 Å². The Kier molecular flexibility index (Phi) is 7.87. The Labute approximate surface area is 129 Å². The molecular formula is C14H24N2O2S2. The maximum atomic E-state index is 11.7. The van der Waals surface area contributed by atoms with Gasteiger partial charge < -0.3 is 10.1 Å². The fourth-order valence-electron chi connectivity index (χ4n) is 2.30. The van der Waals surface area contributed by atoms with E-state index in [1.54, 1.807) is 0 Å². The summed E-state index contributed by atoms with van der Waals surface area (Å²) in [5.41, 5.74) is 0. The average Bonchev–Trinajstić information content (AvgIpc) is 2.98. The van der Waals surface area contributed by atoms with Crippen LogP contribution in [0.5, 0.6) is 0 Å². The highest BCUT2D eigenvalue weighted by Gasteiger charge is 2.11. The first-order valence-corrected chi connectivity index (χ1v) is 9.68. The molecule has 0 bridgehead atoms. The minimum absolute atomic E-state index is 0.197. The second kappa shape index (κ2) is 9.71. The third-order valence-corrected chi connectivity index (χ3v) is 5.95. The number of rotatable bonds is 8. The molecule has 114 valence electrons. The highest BCUT2D eigenvalue weighted by Crippen LogP contribution is 2.37. The molecule has 2 rings (SSSR count). The molecule has 0 aliphatic carbocycles. The lowest BCUT2D eigenvalue weighted by molar-refractivity contribution is -0.121. The average molecular weight is 316 g/mol. The van der Waals surface area contributed by atoms with Crippen LogP contribution >= 0.6 is 21.6 Å². The molecule has 2 heterocycles. The van der Waals surface area contributed by atoms with Crippen molar-refractivity contribution in [3.8, 4) is 0 Å². The highest BCUT2D eigenvalue weighted by atomic mass is 33.1. The van der Waals surface area contributed by atoms with Gasteiger partial charge in [-0.15, -0.1) is 0 Å². The Bertz CT molecular complexity index is 320. The van der Waals surface area contributed by atoms with Gasteiger partial charge in [0.15, 0.2) is 0 Å². The normalized spacial score (nSPS) is 23.1. The summed E-state index contributed by atoms with van der Waals surface area (Å²) in [6.45, 7) is 5.31. The van der Waals surface area contributed by atoms with E-state index in [0.29, 0.717) is 11.7 Å². The maximum absolute atomic E-state index is 11.7. The van der Waals surface area contributed by atoms with Crippen LogP contribution in [0.3, 0.4) is 0 Å². The summed E-state index contributed by atoms with van der Waals surface area (Å²) in [6, 6.07) is 0. The van der Waals surface area contributed by atoms with Gasteiger partial charge in [0.1, 0.15) is 0 Å². The molecule has 1 amide bonds. The van der Waals surface area contributed by atoms with Gasteiger partial charge in [-0.1, -0.05) is 34.1 Å². The minimum Gasteiger partial charge on any atom is -0.379 e. The lowest BCUT2D eigenvalue weighted by Crippen LogP contribution is -2.41. The fraction of sp³-hybridized carbons (Fsp3) is 0.786. The van der Waals surface area contributed by atoms with Gasteiger partial charge in [0.05, 0.1) is 13.2 Å². The van der Waals surface area contributed by atoms with Gasteiger partial charge in [0.25, 0.3) is 0 Å². The molecule has 1 N–H and O–H groups in total. The monoisotopic (exact) mass is 316 g/mol. The van der Waals surface area contributed by atoms with Gasteiger partial charge in [-0.3, -0.25) is 9.69 Å². The van der Waals surface area contributed by atoms with Crippen LogP contribution in [-0.4, -0.2) is 55.4 Å². The van der Waals surface area contributed by atoms with Gasteiger partial charge in [0.2, 0.25) is 5.91 Å². The third-order valence-electron chi connectivity index (χ3n) is 3.52. The Balaban J connectivity index is 1.42. The SMILES string of the molecule is O=C(CCCCC1C=CSS1)NCCN1CCOCC1. The van der Waals surface area contributed by atoms with Crippen LogP contribution in [0.15, 0.2) is 11.5 Å². The second-order valence-electron chi connectivity index (χ2n) is 5.11. The standard InChI is InChI=1S/C14H24N2O2S2/c17-14(4-2-1-3-13-5-12-19-20-13)15-6-7-16-8-10-18-11-9-16/h5,12-13H,1-4,6-11H2,(H,15,17). The van der Waals surface area contributed by atoms with E-state index in [2.05, 4.69) is 21.7 Å². The van der Waals surface area contributed by atoms with Crippen molar-refractivity contribution in [2.75, 3.05) is 39.4 Å². The van der Waals surface area contributed by atoms with Crippen molar-refractivity contribution in [2.24, 2.45) is 0 Å². The summed E-state index contributed by atoms with van der Waals surface area (Å²) in [7, 11) is 3.73. The van der Waals surface area contributed by atoms with Crippen molar-refractivity contribution in [1.29, 1.82) is 0 Å². The molecule has 0 aromatic heterocycles. The van der Waals surface area contributed by atoms with E-state index in [0.717, 1.165) is 52.2 Å². The topological polar surface area (TPSA) is 41.6 Å². The van der Waals surface area contributed by atoms with Crippen molar-refractivity contribution in [3.63, 3.8) is 0 Å². The zero-order valence-electron chi connectivity index (χ0n) is 11.9. The molecule has 0 aromatic rings. The molecule has 1 fully saturated rings. The molecule has 2 aliphatic heterocycles. The van der Waals surface area contributed by atoms with Crippen LogP contribution in [0.25, 0.3) is 0 Å². The predicted molar refractivity (Wildman–Crippen MR) is 86.8 cm³/mol. The summed E-state index contributed by atoms with van der Waals surface area (Å²) < 4.78 is 5.30. The highest BCUT2D eigenvalue weighted by molar-refractivity contribution is 8.78. The molecule has 1 unspecified atom stereocenters. The smallest absolute Gasteiger partial charge is 0.220 e. The lowest BCUT2D eigenvalue weighted by Gasteiger charge is -2.26. The molecule has 0 saturated carbocycles. The quantitative estimate of drug-likeness (QED) is 0.549. The van der Waals surface area contributed by atoms with E-state index < -0.39 is 0 Å². The number of unbranched alkanes of at least 4 members (excludes halogenated alkanes) is 1. The Hall–Kier alpha value is -0.170. The predicted octanol–water partition coefficient (Wildman–Crippen LogP) is 2.27. The number of hydrogen-bond acceptors (Lipinski definition) is 5. The van der Waals surface area contributed by atoms with E-state index in [4.69, 9.17) is 4.74 Å². The van der Waals surface area contributed by atoms with E-state index in [-0.39, 0.29) is 5.91 Å². The molecule has 0 aromatic carbocycles. The van der Waals surface area contributed by atoms with Crippen LogP contribution in [0.2, 0.25) is 0 Å². The van der Waals surface area contributed by atoms with E-state index >= 15 is 0 Å². The van der Waals surface area contributed by atoms with Crippen molar-refractivity contribution >= 4 is 27.5 Å². The zero-order chi connectivity index (χ0) is 14.0. The third kappa shape index (κ3) is 6.52. The molecule has 6 heteroatoms. The Morgan fingerprint density at radius 3 is 2.95 bits per heavy atom. The number of ether oxygens (including phenoxy) is 1. The number of nitrogens with one attached hydrogen (secondary N) is 1. The summed E-state index contributed by atoms with van der Waals surface area (Å²) in [5, 5.41) is 5.83. The molecule has 2 aliphatic rings. The van der Waals surface area contributed by atoms with Gasteiger partial charge >= 0.3 is 0 Å². The minimum atomic E-state index is 0.197. The maximum Gasteiger partial charge on any atom is 0.220 e. The molecule has 1 atom stereocenters. The van der Waals surface area contributed by atoms with Crippen molar-refractivity contribution < 1.29 is 9.53 Å². The van der Waals surface area contributed by atoms with Crippen LogP contribution in [-0.2, 0) is 9.53 Å². The lowest BCUT2D eigenvalue weighted by atomic mass is 10.1. The molecule has 20 heavy (non-hydrogen) atoms. The molecule has 1 saturated heterocycles. The number of hydrogen-bond donors (Lipinski definition) is 1. The summed E-state index contributed by atoms with van der Waals surface area (Å²) in [6.07, 6.45) is 6.25. The number of carbonyl (C=O) groups excluding carboxylic acids is 1. The number of carbonyl (C=O) groups is 1. The van der Waals surface area contributed by atoms with Crippen molar-refractivity contribution in [2.45, 2.75) is 30.9 Å². The largest absolute Gasteiger partial charge is 0.379 e. The van der Waals surface area contributed by atoms with Gasteiger partial charge in [-0.25, -0.2) is 0 Å². The van der Waals surface area contributed by atoms with Crippen molar-refractivity contribution in [3.05, 3.63) is 11.5 Å². The zero-order valence-corrected chi connectivity index (χ0v) is 13.5. The Morgan fingerprint density at radius 1 is 1.35 bits per heavy atom. The summed E-state index contributed by atoms with van der Waals surface area (Å²) >= 11 is 0.